The van der Waals surface area contributed by atoms with Crippen molar-refractivity contribution in [3.8, 4) is 0 Å². The lowest BCUT2D eigenvalue weighted by Gasteiger charge is -2.29. The Balaban J connectivity index is 2.03. The monoisotopic (exact) mass is 349 g/mol. The third-order valence-electron chi connectivity index (χ3n) is 3.15. The summed E-state index contributed by atoms with van der Waals surface area (Å²) in [6, 6.07) is 0. The number of piperidine rings is 1. The van der Waals surface area contributed by atoms with Gasteiger partial charge < -0.3 is 0 Å². The standard InChI is InChI=1S/C11H17Br2N3/c1-8-11(13)10(15(2)14-8)7-16-5-3-9(12)4-6-16/h9H,3-7H2,1-2H3. The first kappa shape index (κ1) is 12.6. The molecule has 0 bridgehead atoms. The van der Waals surface area contributed by atoms with Crippen LogP contribution in [0.25, 0.3) is 0 Å². The average molecular weight is 351 g/mol. The van der Waals surface area contributed by atoms with E-state index >= 15 is 0 Å². The Hall–Kier alpha value is 0.130. The van der Waals surface area contributed by atoms with E-state index in [0.29, 0.717) is 4.83 Å². The molecule has 0 aromatic carbocycles. The first-order chi connectivity index (χ1) is 7.58. The molecule has 2 rings (SSSR count). The highest BCUT2D eigenvalue weighted by atomic mass is 79.9. The maximum atomic E-state index is 4.42. The van der Waals surface area contributed by atoms with Crippen molar-refractivity contribution in [3.63, 3.8) is 0 Å². The second-order valence-corrected chi connectivity index (χ2v) is 6.51. The first-order valence-electron chi connectivity index (χ1n) is 5.62. The molecule has 1 aromatic heterocycles. The maximum Gasteiger partial charge on any atom is 0.0739 e. The van der Waals surface area contributed by atoms with E-state index in [1.54, 1.807) is 0 Å². The molecule has 0 N–H and O–H groups in total. The molecule has 3 nitrogen and oxygen atoms in total. The van der Waals surface area contributed by atoms with Crippen molar-refractivity contribution >= 4 is 31.9 Å². The summed E-state index contributed by atoms with van der Waals surface area (Å²) in [4.78, 5) is 3.21. The lowest BCUT2D eigenvalue weighted by atomic mass is 10.1. The van der Waals surface area contributed by atoms with Crippen LogP contribution in [0, 0.1) is 6.92 Å². The maximum absolute atomic E-state index is 4.42. The van der Waals surface area contributed by atoms with Crippen LogP contribution in [0.1, 0.15) is 24.2 Å². The molecule has 1 fully saturated rings. The van der Waals surface area contributed by atoms with Crippen molar-refractivity contribution in [2.45, 2.75) is 31.1 Å². The lowest BCUT2D eigenvalue weighted by Crippen LogP contribution is -2.34. The molecule has 1 aromatic rings. The van der Waals surface area contributed by atoms with E-state index < -0.39 is 0 Å². The zero-order valence-electron chi connectivity index (χ0n) is 9.71. The van der Waals surface area contributed by atoms with Crippen molar-refractivity contribution in [2.24, 2.45) is 7.05 Å². The number of aryl methyl sites for hydroxylation is 2. The highest BCUT2D eigenvalue weighted by Gasteiger charge is 2.19. The second kappa shape index (κ2) is 5.19. The zero-order chi connectivity index (χ0) is 11.7. The molecule has 1 aliphatic heterocycles. The Morgan fingerprint density at radius 1 is 1.38 bits per heavy atom. The third-order valence-corrected chi connectivity index (χ3v) is 5.10. The van der Waals surface area contributed by atoms with Crippen LogP contribution >= 0.6 is 31.9 Å². The van der Waals surface area contributed by atoms with Crippen LogP contribution in [0.2, 0.25) is 0 Å². The van der Waals surface area contributed by atoms with Crippen LogP contribution in [-0.4, -0.2) is 32.6 Å². The number of aromatic nitrogens is 2. The molecule has 0 saturated carbocycles. The topological polar surface area (TPSA) is 21.1 Å². The third kappa shape index (κ3) is 2.68. The largest absolute Gasteiger partial charge is 0.297 e. The number of hydrogen-bond donors (Lipinski definition) is 0. The van der Waals surface area contributed by atoms with Gasteiger partial charge in [-0.1, -0.05) is 15.9 Å². The molecule has 2 heterocycles. The van der Waals surface area contributed by atoms with E-state index in [1.165, 1.54) is 31.6 Å². The second-order valence-electron chi connectivity index (χ2n) is 4.42. The summed E-state index contributed by atoms with van der Waals surface area (Å²) in [5.74, 6) is 0. The summed E-state index contributed by atoms with van der Waals surface area (Å²) in [5.41, 5.74) is 2.36. The van der Waals surface area contributed by atoms with Crippen molar-refractivity contribution in [1.29, 1.82) is 0 Å². The Morgan fingerprint density at radius 2 is 2.00 bits per heavy atom. The van der Waals surface area contributed by atoms with Gasteiger partial charge in [0.2, 0.25) is 0 Å². The van der Waals surface area contributed by atoms with Gasteiger partial charge in [0.1, 0.15) is 0 Å². The van der Waals surface area contributed by atoms with Crippen molar-refractivity contribution in [2.75, 3.05) is 13.1 Å². The molecule has 1 saturated heterocycles. The molecule has 16 heavy (non-hydrogen) atoms. The summed E-state index contributed by atoms with van der Waals surface area (Å²) in [6.07, 6.45) is 2.49. The van der Waals surface area contributed by atoms with Crippen LogP contribution in [0.5, 0.6) is 0 Å². The fourth-order valence-corrected chi connectivity index (χ4v) is 2.99. The minimum atomic E-state index is 0.709. The van der Waals surface area contributed by atoms with Crippen molar-refractivity contribution in [3.05, 3.63) is 15.9 Å². The van der Waals surface area contributed by atoms with E-state index in [2.05, 4.69) is 41.9 Å². The van der Waals surface area contributed by atoms with Crippen LogP contribution < -0.4 is 0 Å². The Bertz CT molecular complexity index is 368. The van der Waals surface area contributed by atoms with Gasteiger partial charge in [0.15, 0.2) is 0 Å². The smallest absolute Gasteiger partial charge is 0.0739 e. The van der Waals surface area contributed by atoms with Gasteiger partial charge in [-0.25, -0.2) is 0 Å². The summed E-state index contributed by atoms with van der Waals surface area (Å²) < 4.78 is 3.15. The molecule has 5 heteroatoms. The van der Waals surface area contributed by atoms with Gasteiger partial charge in [-0.05, 0) is 48.8 Å². The van der Waals surface area contributed by atoms with Gasteiger partial charge in [-0.15, -0.1) is 0 Å². The molecule has 0 unspecified atom stereocenters. The molecule has 0 spiro atoms. The number of rotatable bonds is 2. The molecule has 0 aliphatic carbocycles. The zero-order valence-corrected chi connectivity index (χ0v) is 12.9. The van der Waals surface area contributed by atoms with Gasteiger partial charge in [0, 0.05) is 18.4 Å². The molecule has 0 amide bonds. The van der Waals surface area contributed by atoms with E-state index in [0.717, 1.165) is 16.7 Å². The van der Waals surface area contributed by atoms with E-state index in [1.807, 2.05) is 18.7 Å². The highest BCUT2D eigenvalue weighted by molar-refractivity contribution is 9.10. The Morgan fingerprint density at radius 3 is 2.50 bits per heavy atom. The van der Waals surface area contributed by atoms with Gasteiger partial charge >= 0.3 is 0 Å². The Kier molecular flexibility index (Phi) is 4.08. The van der Waals surface area contributed by atoms with Gasteiger partial charge in [0.25, 0.3) is 0 Å². The summed E-state index contributed by atoms with van der Waals surface area (Å²) >= 11 is 7.30. The molecular weight excluding hydrogens is 334 g/mol. The van der Waals surface area contributed by atoms with E-state index in [9.17, 15) is 0 Å². The first-order valence-corrected chi connectivity index (χ1v) is 7.33. The lowest BCUT2D eigenvalue weighted by molar-refractivity contribution is 0.220. The predicted molar refractivity (Wildman–Crippen MR) is 72.9 cm³/mol. The Labute approximate surface area is 113 Å². The minimum Gasteiger partial charge on any atom is -0.297 e. The normalized spacial score (nSPS) is 19.2. The van der Waals surface area contributed by atoms with Crippen LogP contribution in [-0.2, 0) is 13.6 Å². The average Bonchev–Trinajstić information content (AvgIpc) is 2.48. The summed E-state index contributed by atoms with van der Waals surface area (Å²) in [5, 5.41) is 4.42. The highest BCUT2D eigenvalue weighted by Crippen LogP contribution is 2.24. The van der Waals surface area contributed by atoms with Crippen LogP contribution in [0.15, 0.2) is 4.47 Å². The number of hydrogen-bond acceptors (Lipinski definition) is 2. The molecular formula is C11H17Br2N3. The van der Waals surface area contributed by atoms with Gasteiger partial charge in [-0.2, -0.15) is 5.10 Å². The quantitative estimate of drug-likeness (QED) is 0.765. The van der Waals surface area contributed by atoms with Crippen molar-refractivity contribution < 1.29 is 0 Å². The number of nitrogens with zero attached hydrogens (tertiary/aromatic N) is 3. The van der Waals surface area contributed by atoms with Gasteiger partial charge in [0.05, 0.1) is 15.9 Å². The van der Waals surface area contributed by atoms with Crippen LogP contribution in [0.3, 0.4) is 0 Å². The fourth-order valence-electron chi connectivity index (χ4n) is 2.12. The van der Waals surface area contributed by atoms with Crippen LogP contribution in [0.4, 0.5) is 0 Å². The summed E-state index contributed by atoms with van der Waals surface area (Å²) in [6.45, 7) is 5.38. The predicted octanol–water partition coefficient (Wildman–Crippen LogP) is 2.85. The molecule has 0 atom stereocenters. The van der Waals surface area contributed by atoms with E-state index in [-0.39, 0.29) is 0 Å². The van der Waals surface area contributed by atoms with E-state index in [4.69, 9.17) is 0 Å². The minimum absolute atomic E-state index is 0.709. The van der Waals surface area contributed by atoms with Gasteiger partial charge in [-0.3, -0.25) is 9.58 Å². The number of alkyl halides is 1. The number of halogens is 2. The molecule has 90 valence electrons. The molecule has 0 radical (unpaired) electrons. The number of likely N-dealkylation sites (tertiary alicyclic amines) is 1. The summed E-state index contributed by atoms with van der Waals surface area (Å²) in [7, 11) is 2.02. The van der Waals surface area contributed by atoms with Crippen molar-refractivity contribution in [1.82, 2.24) is 14.7 Å². The molecule has 1 aliphatic rings. The fraction of sp³-hybridized carbons (Fsp3) is 0.727. The SMILES string of the molecule is Cc1nn(C)c(CN2CCC(Br)CC2)c1Br.